The second-order valence-electron chi connectivity index (χ2n) is 6.32. The third-order valence-electron chi connectivity index (χ3n) is 4.80. The summed E-state index contributed by atoms with van der Waals surface area (Å²) in [4.78, 5) is 12.6. The number of alkyl halides is 1. The summed E-state index contributed by atoms with van der Waals surface area (Å²) < 4.78 is 21.6. The number of hydrogen-bond acceptors (Lipinski definition) is 6. The monoisotopic (exact) mass is 462 g/mol. The Morgan fingerprint density at radius 1 is 1.00 bits per heavy atom. The molecule has 1 heterocycles. The fourth-order valence-corrected chi connectivity index (χ4v) is 3.58. The Kier molecular flexibility index (Phi) is 6.64. The van der Waals surface area contributed by atoms with E-state index in [1.54, 1.807) is 34.5 Å². The molecule has 154 valence electrons. The van der Waals surface area contributed by atoms with E-state index in [4.69, 9.17) is 18.9 Å². The first-order valence-corrected chi connectivity index (χ1v) is 10.1. The summed E-state index contributed by atoms with van der Waals surface area (Å²) in [6.07, 6.45) is 0.539. The number of nitrogens with zero attached hydrogens (tertiary/aromatic N) is 2. The van der Waals surface area contributed by atoms with Crippen LogP contribution >= 0.6 is 15.9 Å². The molecule has 0 spiro atoms. The van der Waals surface area contributed by atoms with Gasteiger partial charge in [0.15, 0.2) is 11.5 Å². The maximum absolute atomic E-state index is 12.6. The van der Waals surface area contributed by atoms with Gasteiger partial charge in [0.2, 0.25) is 0 Å². The maximum Gasteiger partial charge on any atom is 0.253 e. The first-order valence-electron chi connectivity index (χ1n) is 8.96. The van der Waals surface area contributed by atoms with Gasteiger partial charge in [-0.15, -0.1) is 0 Å². The Labute approximate surface area is 178 Å². The van der Waals surface area contributed by atoms with Gasteiger partial charge in [0.25, 0.3) is 5.91 Å². The average Bonchev–Trinajstić information content (AvgIpc) is 3.22. The molecule has 0 saturated heterocycles. The Morgan fingerprint density at radius 3 is 2.34 bits per heavy atom. The van der Waals surface area contributed by atoms with Crippen molar-refractivity contribution in [2.24, 2.45) is 5.10 Å². The number of ether oxygens (including phenoxy) is 4. The van der Waals surface area contributed by atoms with E-state index >= 15 is 0 Å². The summed E-state index contributed by atoms with van der Waals surface area (Å²) in [7, 11) is 6.37. The molecule has 2 aromatic rings. The molecule has 0 N–H and O–H groups in total. The molecule has 29 heavy (non-hydrogen) atoms. The highest BCUT2D eigenvalue weighted by atomic mass is 79.9. The van der Waals surface area contributed by atoms with E-state index in [1.807, 2.05) is 30.3 Å². The van der Waals surface area contributed by atoms with Crippen molar-refractivity contribution in [3.8, 4) is 23.0 Å². The van der Waals surface area contributed by atoms with E-state index in [0.717, 1.165) is 16.8 Å². The minimum Gasteiger partial charge on any atom is -0.497 e. The van der Waals surface area contributed by atoms with Crippen molar-refractivity contribution in [2.75, 3.05) is 33.8 Å². The number of halogens is 1. The van der Waals surface area contributed by atoms with Gasteiger partial charge in [-0.3, -0.25) is 4.79 Å². The summed E-state index contributed by atoms with van der Waals surface area (Å²) in [5.74, 6) is 2.44. The summed E-state index contributed by atoms with van der Waals surface area (Å²) in [6, 6.07) is 10.9. The topological polar surface area (TPSA) is 69.6 Å². The van der Waals surface area contributed by atoms with E-state index < -0.39 is 0 Å². The molecule has 0 aromatic heterocycles. The zero-order valence-corrected chi connectivity index (χ0v) is 18.4. The fourth-order valence-electron chi connectivity index (χ4n) is 3.33. The molecule has 1 atom stereocenters. The fraction of sp³-hybridized carbons (Fsp3) is 0.333. The molecular weight excluding hydrogens is 440 g/mol. The highest BCUT2D eigenvalue weighted by molar-refractivity contribution is 9.09. The first-order chi connectivity index (χ1) is 14.1. The van der Waals surface area contributed by atoms with E-state index in [2.05, 4.69) is 21.0 Å². The lowest BCUT2D eigenvalue weighted by Gasteiger charge is -2.23. The molecule has 0 bridgehead atoms. The molecule has 0 radical (unpaired) electrons. The van der Waals surface area contributed by atoms with E-state index in [0.29, 0.717) is 29.4 Å². The second-order valence-corrected chi connectivity index (χ2v) is 6.88. The third kappa shape index (κ3) is 4.17. The van der Waals surface area contributed by atoms with Crippen molar-refractivity contribution >= 4 is 27.5 Å². The molecule has 1 aliphatic heterocycles. The lowest BCUT2D eigenvalue weighted by Crippen LogP contribution is -2.28. The summed E-state index contributed by atoms with van der Waals surface area (Å²) >= 11 is 3.25. The van der Waals surface area contributed by atoms with Crippen molar-refractivity contribution in [1.29, 1.82) is 0 Å². The van der Waals surface area contributed by atoms with Gasteiger partial charge < -0.3 is 18.9 Å². The highest BCUT2D eigenvalue weighted by Crippen LogP contribution is 2.40. The van der Waals surface area contributed by atoms with Crippen molar-refractivity contribution in [1.82, 2.24) is 5.01 Å². The Hall–Kier alpha value is -2.74. The molecule has 0 saturated carbocycles. The second kappa shape index (κ2) is 9.17. The van der Waals surface area contributed by atoms with Crippen LogP contribution in [0.15, 0.2) is 41.5 Å². The van der Waals surface area contributed by atoms with Gasteiger partial charge in [-0.1, -0.05) is 15.9 Å². The number of methoxy groups -OCH3 is 4. The Morgan fingerprint density at radius 2 is 1.72 bits per heavy atom. The van der Waals surface area contributed by atoms with Crippen LogP contribution in [0.5, 0.6) is 23.0 Å². The number of rotatable bonds is 7. The van der Waals surface area contributed by atoms with Crippen LogP contribution in [0.25, 0.3) is 0 Å². The van der Waals surface area contributed by atoms with Gasteiger partial charge >= 0.3 is 0 Å². The minimum atomic E-state index is -0.288. The van der Waals surface area contributed by atoms with Crippen LogP contribution in [0.2, 0.25) is 0 Å². The Bertz CT molecular complexity index is 931. The summed E-state index contributed by atoms with van der Waals surface area (Å²) in [5.41, 5.74) is 2.51. The van der Waals surface area contributed by atoms with Crippen LogP contribution < -0.4 is 18.9 Å². The van der Waals surface area contributed by atoms with Crippen LogP contribution in [0.3, 0.4) is 0 Å². The van der Waals surface area contributed by atoms with Crippen molar-refractivity contribution in [3.63, 3.8) is 0 Å². The van der Waals surface area contributed by atoms with Crippen LogP contribution in [0, 0.1) is 0 Å². The molecule has 0 aliphatic carbocycles. The number of hydrogen-bond donors (Lipinski definition) is 0. The lowest BCUT2D eigenvalue weighted by atomic mass is 9.97. The molecule has 3 rings (SSSR count). The predicted octanol–water partition coefficient (Wildman–Crippen LogP) is 3.79. The number of amides is 1. The average molecular weight is 463 g/mol. The number of carbonyl (C=O) groups is 1. The molecule has 7 nitrogen and oxygen atoms in total. The zero-order valence-electron chi connectivity index (χ0n) is 16.8. The molecule has 1 aliphatic rings. The first kappa shape index (κ1) is 21.0. The van der Waals surface area contributed by atoms with Gasteiger partial charge in [-0.25, -0.2) is 5.01 Å². The van der Waals surface area contributed by atoms with Gasteiger partial charge in [0.1, 0.15) is 11.5 Å². The summed E-state index contributed by atoms with van der Waals surface area (Å²) in [6.45, 7) is 0. The zero-order chi connectivity index (χ0) is 21.0. The van der Waals surface area contributed by atoms with E-state index in [1.165, 1.54) is 5.01 Å². The van der Waals surface area contributed by atoms with Crippen molar-refractivity contribution in [2.45, 2.75) is 12.5 Å². The molecule has 0 fully saturated rings. The number of benzene rings is 2. The van der Waals surface area contributed by atoms with Gasteiger partial charge in [-0.05, 0) is 30.3 Å². The maximum atomic E-state index is 12.6. The van der Waals surface area contributed by atoms with Crippen molar-refractivity contribution < 1.29 is 23.7 Å². The highest BCUT2D eigenvalue weighted by Gasteiger charge is 2.34. The van der Waals surface area contributed by atoms with Crippen LogP contribution in [-0.4, -0.2) is 50.4 Å². The molecular formula is C21H23BrN2O5. The normalized spacial score (nSPS) is 15.7. The number of hydrazone groups is 1. The molecule has 2 aromatic carbocycles. The summed E-state index contributed by atoms with van der Waals surface area (Å²) in [5, 5.41) is 6.30. The van der Waals surface area contributed by atoms with Gasteiger partial charge in [0.05, 0.1) is 45.5 Å². The predicted molar refractivity (Wildman–Crippen MR) is 114 cm³/mol. The van der Waals surface area contributed by atoms with E-state index in [-0.39, 0.29) is 17.3 Å². The van der Waals surface area contributed by atoms with Crippen LogP contribution in [0.4, 0.5) is 0 Å². The minimum absolute atomic E-state index is 0.136. The SMILES string of the molecule is COc1ccc(C2CC(c3ccc(OC)c(OC)c3)=NN2C(=O)CBr)c(OC)c1. The smallest absolute Gasteiger partial charge is 0.253 e. The largest absolute Gasteiger partial charge is 0.497 e. The molecule has 1 unspecified atom stereocenters. The van der Waals surface area contributed by atoms with Gasteiger partial charge in [0, 0.05) is 23.6 Å². The molecule has 1 amide bonds. The Balaban J connectivity index is 2.01. The lowest BCUT2D eigenvalue weighted by molar-refractivity contribution is -0.130. The van der Waals surface area contributed by atoms with Crippen molar-refractivity contribution in [3.05, 3.63) is 47.5 Å². The molecule has 8 heteroatoms. The van der Waals surface area contributed by atoms with Crippen LogP contribution in [0.1, 0.15) is 23.6 Å². The standard InChI is InChI=1S/C21H23BrN2O5/c1-26-14-6-7-15(19(10-14)28-3)17-11-16(23-24(17)21(25)12-22)13-5-8-18(27-2)20(9-13)29-4/h5-10,17H,11-12H2,1-4H3. The van der Waals surface area contributed by atoms with Gasteiger partial charge in [-0.2, -0.15) is 5.10 Å². The van der Waals surface area contributed by atoms with E-state index in [9.17, 15) is 4.79 Å². The van der Waals surface area contributed by atoms with Crippen LogP contribution in [-0.2, 0) is 4.79 Å². The number of carbonyl (C=O) groups excluding carboxylic acids is 1. The quantitative estimate of drug-likeness (QED) is 0.585. The third-order valence-corrected chi connectivity index (χ3v) is 5.28.